The molecule has 0 fully saturated rings. The molecule has 4 heteroatoms. The molecular formula is C36H72N2O2. The number of nitrogens with one attached hydrogen (secondary N) is 1. The van der Waals surface area contributed by atoms with E-state index in [2.05, 4.69) is 26.1 Å². The van der Waals surface area contributed by atoms with Gasteiger partial charge in [-0.3, -0.25) is 9.59 Å². The molecule has 0 aliphatic rings. The Balaban J connectivity index is 4.49. The third kappa shape index (κ3) is 27.1. The summed E-state index contributed by atoms with van der Waals surface area (Å²) in [4.78, 5) is 25.2. The van der Waals surface area contributed by atoms with Crippen LogP contribution in [-0.2, 0) is 9.59 Å². The molecule has 4 nitrogen and oxygen atoms in total. The molecule has 40 heavy (non-hydrogen) atoms. The van der Waals surface area contributed by atoms with Gasteiger partial charge in [0.25, 0.3) is 0 Å². The number of primary amides is 1. The van der Waals surface area contributed by atoms with Gasteiger partial charge in [0.2, 0.25) is 11.8 Å². The van der Waals surface area contributed by atoms with Gasteiger partial charge < -0.3 is 11.1 Å². The summed E-state index contributed by atoms with van der Waals surface area (Å²) in [6.07, 6.45) is 34.9. The molecule has 0 saturated carbocycles. The fourth-order valence-corrected chi connectivity index (χ4v) is 5.91. The van der Waals surface area contributed by atoms with E-state index in [1.54, 1.807) is 0 Å². The van der Waals surface area contributed by atoms with Crippen molar-refractivity contribution in [1.29, 1.82) is 0 Å². The predicted molar refractivity (Wildman–Crippen MR) is 176 cm³/mol. The molecule has 238 valence electrons. The van der Waals surface area contributed by atoms with Crippen molar-refractivity contribution in [2.75, 3.05) is 0 Å². The standard InChI is InChI=1S/C36H72N2O2/c1-4-7-10-13-16-19-22-25-28-31-35(39)38-34(30-27-24-21-18-15-12-9-6-3)32-33(36(37)40)29-26-23-20-17-14-11-8-5-2/h33-34H,4-32H2,1-3H3,(H2,37,40)(H,38,39). The number of amides is 2. The normalized spacial score (nSPS) is 12.9. The topological polar surface area (TPSA) is 72.2 Å². The molecule has 3 N–H and O–H groups in total. The third-order valence-corrected chi connectivity index (χ3v) is 8.66. The largest absolute Gasteiger partial charge is 0.369 e. The fourth-order valence-electron chi connectivity index (χ4n) is 5.91. The molecule has 0 spiro atoms. The van der Waals surface area contributed by atoms with Crippen LogP contribution < -0.4 is 11.1 Å². The van der Waals surface area contributed by atoms with Crippen molar-refractivity contribution < 1.29 is 9.59 Å². The second-order valence-electron chi connectivity index (χ2n) is 12.7. The molecule has 2 amide bonds. The monoisotopic (exact) mass is 565 g/mol. The molecule has 0 bridgehead atoms. The van der Waals surface area contributed by atoms with E-state index in [1.807, 2.05) is 0 Å². The van der Waals surface area contributed by atoms with E-state index in [-0.39, 0.29) is 23.8 Å². The van der Waals surface area contributed by atoms with Crippen LogP contribution in [0.3, 0.4) is 0 Å². The molecule has 0 aromatic carbocycles. The third-order valence-electron chi connectivity index (χ3n) is 8.66. The van der Waals surface area contributed by atoms with Gasteiger partial charge in [-0.1, -0.05) is 175 Å². The van der Waals surface area contributed by atoms with Gasteiger partial charge in [0.1, 0.15) is 0 Å². The van der Waals surface area contributed by atoms with Gasteiger partial charge in [0.05, 0.1) is 0 Å². The van der Waals surface area contributed by atoms with Crippen molar-refractivity contribution in [3.05, 3.63) is 0 Å². The smallest absolute Gasteiger partial charge is 0.220 e. The molecule has 0 aliphatic carbocycles. The van der Waals surface area contributed by atoms with Crippen LogP contribution in [0.25, 0.3) is 0 Å². The van der Waals surface area contributed by atoms with Crippen LogP contribution in [0.4, 0.5) is 0 Å². The highest BCUT2D eigenvalue weighted by Gasteiger charge is 2.22. The molecule has 0 aliphatic heterocycles. The number of nitrogens with two attached hydrogens (primary N) is 1. The Labute approximate surface area is 251 Å². The molecule has 0 aromatic heterocycles. The molecule has 0 saturated heterocycles. The number of hydrogen-bond acceptors (Lipinski definition) is 2. The molecule has 2 unspecified atom stereocenters. The van der Waals surface area contributed by atoms with E-state index in [0.717, 1.165) is 38.5 Å². The van der Waals surface area contributed by atoms with Crippen molar-refractivity contribution in [1.82, 2.24) is 5.32 Å². The maximum atomic E-state index is 12.8. The van der Waals surface area contributed by atoms with E-state index in [9.17, 15) is 9.59 Å². The molecule has 0 aromatic rings. The zero-order chi connectivity index (χ0) is 29.5. The Morgan fingerprint density at radius 2 is 0.850 bits per heavy atom. The maximum absolute atomic E-state index is 12.8. The van der Waals surface area contributed by atoms with Crippen molar-refractivity contribution in [3.63, 3.8) is 0 Å². The van der Waals surface area contributed by atoms with Crippen LogP contribution in [0, 0.1) is 5.92 Å². The second-order valence-corrected chi connectivity index (χ2v) is 12.7. The quantitative estimate of drug-likeness (QED) is 0.0797. The van der Waals surface area contributed by atoms with Gasteiger partial charge in [-0.25, -0.2) is 0 Å². The average Bonchev–Trinajstić information content (AvgIpc) is 2.94. The number of rotatable bonds is 32. The fraction of sp³-hybridized carbons (Fsp3) is 0.944. The molecule has 2 atom stereocenters. The van der Waals surface area contributed by atoms with Gasteiger partial charge in [0, 0.05) is 18.4 Å². The first-order valence-electron chi connectivity index (χ1n) is 18.1. The van der Waals surface area contributed by atoms with Crippen LogP contribution in [0.15, 0.2) is 0 Å². The summed E-state index contributed by atoms with van der Waals surface area (Å²) >= 11 is 0. The van der Waals surface area contributed by atoms with E-state index in [0.29, 0.717) is 12.8 Å². The van der Waals surface area contributed by atoms with Crippen molar-refractivity contribution >= 4 is 11.8 Å². The molecule has 0 rings (SSSR count). The Hall–Kier alpha value is -1.06. The van der Waals surface area contributed by atoms with E-state index in [1.165, 1.54) is 135 Å². The van der Waals surface area contributed by atoms with Gasteiger partial charge in [-0.15, -0.1) is 0 Å². The van der Waals surface area contributed by atoms with Gasteiger partial charge in [-0.05, 0) is 25.7 Å². The molecular weight excluding hydrogens is 492 g/mol. The zero-order valence-corrected chi connectivity index (χ0v) is 27.6. The maximum Gasteiger partial charge on any atom is 0.220 e. The first-order valence-corrected chi connectivity index (χ1v) is 18.1. The Kier molecular flexibility index (Phi) is 30.1. The predicted octanol–water partition coefficient (Wildman–Crippen LogP) is 10.9. The number of hydrogen-bond donors (Lipinski definition) is 2. The lowest BCUT2D eigenvalue weighted by molar-refractivity contribution is -0.124. The highest BCUT2D eigenvalue weighted by Crippen LogP contribution is 2.21. The second kappa shape index (κ2) is 30.9. The lowest BCUT2D eigenvalue weighted by Crippen LogP contribution is -2.38. The van der Waals surface area contributed by atoms with Crippen LogP contribution in [0.1, 0.15) is 207 Å². The van der Waals surface area contributed by atoms with E-state index < -0.39 is 0 Å². The summed E-state index contributed by atoms with van der Waals surface area (Å²) < 4.78 is 0. The van der Waals surface area contributed by atoms with Crippen LogP contribution in [-0.4, -0.2) is 17.9 Å². The van der Waals surface area contributed by atoms with Crippen LogP contribution >= 0.6 is 0 Å². The minimum atomic E-state index is -0.183. The van der Waals surface area contributed by atoms with Gasteiger partial charge in [-0.2, -0.15) is 0 Å². The summed E-state index contributed by atoms with van der Waals surface area (Å²) in [7, 11) is 0. The number of carbonyl (C=O) groups excluding carboxylic acids is 2. The molecule has 0 radical (unpaired) electrons. The Bertz CT molecular complexity index is 551. The minimum absolute atomic E-state index is 0.0812. The summed E-state index contributed by atoms with van der Waals surface area (Å²) in [6.45, 7) is 6.78. The zero-order valence-electron chi connectivity index (χ0n) is 27.6. The Morgan fingerprint density at radius 1 is 0.500 bits per heavy atom. The average molecular weight is 565 g/mol. The van der Waals surface area contributed by atoms with Crippen molar-refractivity contribution in [3.8, 4) is 0 Å². The first kappa shape index (κ1) is 38.9. The van der Waals surface area contributed by atoms with Crippen LogP contribution in [0.5, 0.6) is 0 Å². The molecule has 0 heterocycles. The minimum Gasteiger partial charge on any atom is -0.369 e. The van der Waals surface area contributed by atoms with Crippen molar-refractivity contribution in [2.45, 2.75) is 213 Å². The highest BCUT2D eigenvalue weighted by atomic mass is 16.2. The van der Waals surface area contributed by atoms with Crippen molar-refractivity contribution in [2.24, 2.45) is 11.7 Å². The number of carbonyl (C=O) groups is 2. The van der Waals surface area contributed by atoms with E-state index in [4.69, 9.17) is 5.73 Å². The summed E-state index contributed by atoms with van der Waals surface area (Å²) in [5, 5.41) is 3.33. The summed E-state index contributed by atoms with van der Waals surface area (Å²) in [6, 6.07) is 0.0812. The van der Waals surface area contributed by atoms with Gasteiger partial charge >= 0.3 is 0 Å². The van der Waals surface area contributed by atoms with Gasteiger partial charge in [0.15, 0.2) is 0 Å². The number of unbranched alkanes of at least 4 members (excludes halogenated alkanes) is 22. The first-order chi connectivity index (χ1) is 19.5. The lowest BCUT2D eigenvalue weighted by atomic mass is 9.90. The SMILES string of the molecule is CCCCCCCCCCCC(=O)NC(CCCCCCCCCC)CC(CCCCCCCCCC)C(N)=O. The highest BCUT2D eigenvalue weighted by molar-refractivity contribution is 5.77. The Morgan fingerprint density at radius 3 is 1.25 bits per heavy atom. The lowest BCUT2D eigenvalue weighted by Gasteiger charge is -2.23. The van der Waals surface area contributed by atoms with Crippen LogP contribution in [0.2, 0.25) is 0 Å². The summed E-state index contributed by atoms with van der Waals surface area (Å²) in [5.41, 5.74) is 5.86. The van der Waals surface area contributed by atoms with E-state index >= 15 is 0 Å². The summed E-state index contributed by atoms with van der Waals surface area (Å²) in [5.74, 6) is -0.132.